The number of nitrogens with zero attached hydrogens (tertiary/aromatic N) is 2. The molecule has 0 N–H and O–H groups in total. The van der Waals surface area contributed by atoms with E-state index in [-0.39, 0.29) is 10.7 Å². The first-order valence-electron chi connectivity index (χ1n) is 6.10. The third kappa shape index (κ3) is 4.47. The molecule has 1 aromatic rings. The number of halogens is 3. The smallest absolute Gasteiger partial charge is 0.284 e. The molecule has 21 heavy (non-hydrogen) atoms. The monoisotopic (exact) mass is 370 g/mol. The van der Waals surface area contributed by atoms with Crippen LogP contribution in [0.5, 0.6) is 0 Å². The SMILES string of the molecule is O=S(=O)(/N=C(/N1CCOCC1)C(Cl)(Cl)Cl)c1ccccc1. The standard InChI is InChI=1S/C12H13Cl3N2O3S/c13-12(14,15)11(17-6-8-20-9-7-17)16-21(18,19)10-4-2-1-3-5-10/h1-5H,6-9H2/b16-11+. The molecule has 0 spiro atoms. The molecule has 0 aromatic heterocycles. The van der Waals surface area contributed by atoms with Crippen LogP contribution < -0.4 is 0 Å². The average molecular weight is 372 g/mol. The normalized spacial score (nSPS) is 17.9. The minimum absolute atomic E-state index is 0.0463. The number of rotatable bonds is 2. The van der Waals surface area contributed by atoms with Crippen molar-refractivity contribution >= 4 is 50.7 Å². The maximum atomic E-state index is 12.3. The van der Waals surface area contributed by atoms with Gasteiger partial charge in [0.1, 0.15) is 0 Å². The summed E-state index contributed by atoms with van der Waals surface area (Å²) in [4.78, 5) is 1.65. The van der Waals surface area contributed by atoms with Gasteiger partial charge in [0.25, 0.3) is 10.0 Å². The summed E-state index contributed by atoms with van der Waals surface area (Å²) in [5.41, 5.74) is 0. The fourth-order valence-electron chi connectivity index (χ4n) is 1.82. The molecule has 0 unspecified atom stereocenters. The number of amidine groups is 1. The molecule has 0 amide bonds. The highest BCUT2D eigenvalue weighted by molar-refractivity contribution is 7.90. The quantitative estimate of drug-likeness (QED) is 0.455. The van der Waals surface area contributed by atoms with Gasteiger partial charge in [-0.05, 0) is 12.1 Å². The molecule has 1 aliphatic heterocycles. The Morgan fingerprint density at radius 1 is 1.14 bits per heavy atom. The highest BCUT2D eigenvalue weighted by Gasteiger charge is 2.35. The molecule has 0 aliphatic carbocycles. The van der Waals surface area contributed by atoms with Crippen molar-refractivity contribution in [2.75, 3.05) is 26.3 Å². The molecule has 0 bridgehead atoms. The van der Waals surface area contributed by atoms with E-state index in [1.165, 1.54) is 12.1 Å². The Hall–Kier alpha value is -0.530. The van der Waals surface area contributed by atoms with E-state index in [4.69, 9.17) is 39.5 Å². The van der Waals surface area contributed by atoms with Crippen LogP contribution in [-0.4, -0.2) is 49.2 Å². The van der Waals surface area contributed by atoms with Crippen LogP contribution in [0.3, 0.4) is 0 Å². The van der Waals surface area contributed by atoms with E-state index < -0.39 is 13.8 Å². The van der Waals surface area contributed by atoms with Gasteiger partial charge in [0.15, 0.2) is 5.84 Å². The maximum Gasteiger partial charge on any atom is 0.284 e. The topological polar surface area (TPSA) is 59.0 Å². The van der Waals surface area contributed by atoms with Crippen LogP contribution >= 0.6 is 34.8 Å². The highest BCUT2D eigenvalue weighted by atomic mass is 35.6. The lowest BCUT2D eigenvalue weighted by molar-refractivity contribution is 0.0675. The zero-order chi connectivity index (χ0) is 15.5. The second kappa shape index (κ2) is 6.71. The number of morpholine rings is 1. The van der Waals surface area contributed by atoms with Crippen molar-refractivity contribution in [3.8, 4) is 0 Å². The fraction of sp³-hybridized carbons (Fsp3) is 0.417. The van der Waals surface area contributed by atoms with E-state index in [2.05, 4.69) is 4.40 Å². The fourth-order valence-corrected chi connectivity index (χ4v) is 3.55. The minimum Gasteiger partial charge on any atom is -0.378 e. The lowest BCUT2D eigenvalue weighted by Gasteiger charge is -2.32. The van der Waals surface area contributed by atoms with Crippen LogP contribution in [0, 0.1) is 0 Å². The molecule has 0 radical (unpaired) electrons. The second-order valence-corrected chi connectivity index (χ2v) is 8.19. The molecule has 1 heterocycles. The number of ether oxygens (including phenoxy) is 1. The summed E-state index contributed by atoms with van der Waals surface area (Å²) < 4.78 is 31.6. The lowest BCUT2D eigenvalue weighted by atomic mass is 10.4. The van der Waals surface area contributed by atoms with Gasteiger partial charge in [0.2, 0.25) is 3.79 Å². The van der Waals surface area contributed by atoms with Gasteiger partial charge in [-0.3, -0.25) is 0 Å². The summed E-state index contributed by atoms with van der Waals surface area (Å²) in [7, 11) is -3.94. The summed E-state index contributed by atoms with van der Waals surface area (Å²) in [5.74, 6) is -0.111. The van der Waals surface area contributed by atoms with E-state index in [0.717, 1.165) is 0 Å². The predicted octanol–water partition coefficient (Wildman–Crippen LogP) is 2.48. The van der Waals surface area contributed by atoms with Gasteiger partial charge in [-0.25, -0.2) is 0 Å². The van der Waals surface area contributed by atoms with E-state index in [0.29, 0.717) is 26.3 Å². The summed E-state index contributed by atoms with van der Waals surface area (Å²) in [6, 6.07) is 7.79. The van der Waals surface area contributed by atoms with Crippen molar-refractivity contribution in [2.24, 2.45) is 4.40 Å². The van der Waals surface area contributed by atoms with E-state index >= 15 is 0 Å². The predicted molar refractivity (Wildman–Crippen MR) is 83.7 cm³/mol. The zero-order valence-corrected chi connectivity index (χ0v) is 14.0. The lowest BCUT2D eigenvalue weighted by Crippen LogP contribution is -2.46. The third-order valence-corrected chi connectivity index (χ3v) is 4.60. The van der Waals surface area contributed by atoms with Gasteiger partial charge in [0.05, 0.1) is 18.1 Å². The molecule has 2 rings (SSSR count). The number of hydrogen-bond acceptors (Lipinski definition) is 3. The largest absolute Gasteiger partial charge is 0.378 e. The molecule has 1 aromatic carbocycles. The van der Waals surface area contributed by atoms with Crippen LogP contribution in [0.2, 0.25) is 0 Å². The summed E-state index contributed by atoms with van der Waals surface area (Å²) in [6.45, 7) is 1.67. The molecule has 116 valence electrons. The highest BCUT2D eigenvalue weighted by Crippen LogP contribution is 2.31. The first kappa shape index (κ1) is 16.8. The van der Waals surface area contributed by atoms with Gasteiger partial charge in [0, 0.05) is 13.1 Å². The van der Waals surface area contributed by atoms with Crippen LogP contribution in [-0.2, 0) is 14.8 Å². The summed E-state index contributed by atoms with van der Waals surface area (Å²) in [5, 5.41) is 0. The first-order valence-corrected chi connectivity index (χ1v) is 8.68. The first-order chi connectivity index (χ1) is 9.81. The van der Waals surface area contributed by atoms with Gasteiger partial charge in [-0.2, -0.15) is 8.42 Å². The Balaban J connectivity index is 2.41. The average Bonchev–Trinajstić information content (AvgIpc) is 2.46. The number of benzene rings is 1. The zero-order valence-electron chi connectivity index (χ0n) is 10.9. The Labute approximate surface area is 138 Å². The Bertz CT molecular complexity index is 608. The third-order valence-electron chi connectivity index (χ3n) is 2.81. The van der Waals surface area contributed by atoms with E-state index in [1.54, 1.807) is 23.1 Å². The maximum absolute atomic E-state index is 12.3. The molecule has 1 saturated heterocycles. The number of hydrogen-bond donors (Lipinski definition) is 0. The van der Waals surface area contributed by atoms with Crippen molar-refractivity contribution in [3.63, 3.8) is 0 Å². The van der Waals surface area contributed by atoms with E-state index in [1.807, 2.05) is 0 Å². The molecule has 0 atom stereocenters. The summed E-state index contributed by atoms with van der Waals surface area (Å²) in [6.07, 6.45) is 0. The Kier molecular flexibility index (Phi) is 5.38. The van der Waals surface area contributed by atoms with Crippen molar-refractivity contribution in [3.05, 3.63) is 30.3 Å². The van der Waals surface area contributed by atoms with Crippen molar-refractivity contribution in [1.82, 2.24) is 4.90 Å². The molecular weight excluding hydrogens is 359 g/mol. The van der Waals surface area contributed by atoms with Crippen LogP contribution in [0.1, 0.15) is 0 Å². The molecule has 0 saturated carbocycles. The van der Waals surface area contributed by atoms with Crippen LogP contribution in [0.25, 0.3) is 0 Å². The van der Waals surface area contributed by atoms with Crippen LogP contribution in [0.15, 0.2) is 39.6 Å². The van der Waals surface area contributed by atoms with Crippen molar-refractivity contribution in [1.29, 1.82) is 0 Å². The Morgan fingerprint density at radius 3 is 2.24 bits per heavy atom. The van der Waals surface area contributed by atoms with Crippen molar-refractivity contribution < 1.29 is 13.2 Å². The minimum atomic E-state index is -3.94. The van der Waals surface area contributed by atoms with Gasteiger partial charge in [-0.1, -0.05) is 53.0 Å². The molecule has 5 nitrogen and oxygen atoms in total. The molecule has 1 aliphatic rings. The van der Waals surface area contributed by atoms with Gasteiger partial charge < -0.3 is 9.64 Å². The van der Waals surface area contributed by atoms with E-state index in [9.17, 15) is 8.42 Å². The van der Waals surface area contributed by atoms with Crippen LogP contribution in [0.4, 0.5) is 0 Å². The molecular formula is C12H13Cl3N2O3S. The molecule has 1 fully saturated rings. The summed E-state index contributed by atoms with van der Waals surface area (Å²) >= 11 is 17.6. The number of sulfonamides is 1. The second-order valence-electron chi connectivity index (χ2n) is 4.30. The number of alkyl halides is 3. The van der Waals surface area contributed by atoms with Crippen molar-refractivity contribution in [2.45, 2.75) is 8.69 Å². The Morgan fingerprint density at radius 2 is 1.71 bits per heavy atom. The van der Waals surface area contributed by atoms with Gasteiger partial charge in [-0.15, -0.1) is 4.40 Å². The molecule has 9 heteroatoms. The van der Waals surface area contributed by atoms with Gasteiger partial charge >= 0.3 is 0 Å².